The van der Waals surface area contributed by atoms with Crippen molar-refractivity contribution in [2.24, 2.45) is 5.92 Å². The average molecular weight is 223 g/mol. The van der Waals surface area contributed by atoms with Gasteiger partial charge in [0.25, 0.3) is 0 Å². The van der Waals surface area contributed by atoms with Crippen LogP contribution in [-0.2, 0) is 0 Å². The lowest BCUT2D eigenvalue weighted by atomic mass is 9.83. The zero-order valence-electron chi connectivity index (χ0n) is 11.2. The molecule has 0 radical (unpaired) electrons. The van der Waals surface area contributed by atoms with Crippen molar-refractivity contribution in [2.45, 2.75) is 71.3 Å². The van der Waals surface area contributed by atoms with Crippen LogP contribution in [0.25, 0.3) is 0 Å². The van der Waals surface area contributed by atoms with E-state index in [1.807, 2.05) is 0 Å². The zero-order chi connectivity index (χ0) is 11.8. The maximum atomic E-state index is 4.07. The van der Waals surface area contributed by atoms with Crippen molar-refractivity contribution in [3.63, 3.8) is 0 Å². The molecule has 0 heterocycles. The third-order valence-corrected chi connectivity index (χ3v) is 3.75. The standard InChI is InChI=1S/C15H29N/c1-4-16-15(12-13(2)3)14-10-8-6-5-7-9-11-14/h14-16H,2,4-12H2,1,3H3. The molecule has 94 valence electrons. The summed E-state index contributed by atoms with van der Waals surface area (Å²) in [5.41, 5.74) is 1.33. The molecule has 0 amide bonds. The molecular weight excluding hydrogens is 194 g/mol. The van der Waals surface area contributed by atoms with Gasteiger partial charge < -0.3 is 5.32 Å². The normalized spacial score (nSPS) is 21.1. The average Bonchev–Trinajstić information content (AvgIpc) is 2.15. The number of nitrogens with one attached hydrogen (secondary N) is 1. The lowest BCUT2D eigenvalue weighted by Gasteiger charge is -2.29. The molecule has 1 saturated carbocycles. The highest BCUT2D eigenvalue weighted by molar-refractivity contribution is 4.95. The van der Waals surface area contributed by atoms with E-state index in [9.17, 15) is 0 Å². The number of hydrogen-bond acceptors (Lipinski definition) is 1. The van der Waals surface area contributed by atoms with Gasteiger partial charge in [0.05, 0.1) is 0 Å². The Morgan fingerprint density at radius 3 is 2.25 bits per heavy atom. The molecule has 0 spiro atoms. The fourth-order valence-corrected chi connectivity index (χ4v) is 2.93. The lowest BCUT2D eigenvalue weighted by molar-refractivity contribution is 0.286. The molecule has 0 bridgehead atoms. The first kappa shape index (κ1) is 13.8. The van der Waals surface area contributed by atoms with E-state index in [0.29, 0.717) is 6.04 Å². The highest BCUT2D eigenvalue weighted by Gasteiger charge is 2.21. The minimum atomic E-state index is 0.681. The Bertz CT molecular complexity index is 190. The first-order valence-corrected chi connectivity index (χ1v) is 7.11. The first-order chi connectivity index (χ1) is 7.74. The SMILES string of the molecule is C=C(C)CC(NCC)C1CCCCCCC1. The zero-order valence-corrected chi connectivity index (χ0v) is 11.2. The van der Waals surface area contributed by atoms with Gasteiger partial charge in [-0.25, -0.2) is 0 Å². The van der Waals surface area contributed by atoms with Gasteiger partial charge in [-0.2, -0.15) is 0 Å². The Labute approximate surface area is 102 Å². The van der Waals surface area contributed by atoms with Gasteiger partial charge >= 0.3 is 0 Å². The fourth-order valence-electron chi connectivity index (χ4n) is 2.93. The van der Waals surface area contributed by atoms with E-state index in [1.165, 1.54) is 56.9 Å². The maximum absolute atomic E-state index is 4.07. The minimum absolute atomic E-state index is 0.681. The van der Waals surface area contributed by atoms with E-state index in [0.717, 1.165) is 12.5 Å². The molecule has 1 rings (SSSR count). The molecule has 1 heteroatoms. The Hall–Kier alpha value is -0.300. The third kappa shape index (κ3) is 5.16. The van der Waals surface area contributed by atoms with Gasteiger partial charge in [-0.15, -0.1) is 6.58 Å². The summed E-state index contributed by atoms with van der Waals surface area (Å²) in [4.78, 5) is 0. The van der Waals surface area contributed by atoms with E-state index in [-0.39, 0.29) is 0 Å². The topological polar surface area (TPSA) is 12.0 Å². The maximum Gasteiger partial charge on any atom is 0.0132 e. The lowest BCUT2D eigenvalue weighted by Crippen LogP contribution is -2.36. The predicted octanol–water partition coefficient (Wildman–Crippen LogP) is 4.29. The van der Waals surface area contributed by atoms with Crippen LogP contribution >= 0.6 is 0 Å². The third-order valence-electron chi connectivity index (χ3n) is 3.75. The molecule has 1 aliphatic rings. The van der Waals surface area contributed by atoms with Crippen molar-refractivity contribution in [3.05, 3.63) is 12.2 Å². The van der Waals surface area contributed by atoms with E-state index < -0.39 is 0 Å². The van der Waals surface area contributed by atoms with Gasteiger partial charge in [0, 0.05) is 6.04 Å². The van der Waals surface area contributed by atoms with E-state index in [1.54, 1.807) is 0 Å². The smallest absolute Gasteiger partial charge is 0.0132 e. The van der Waals surface area contributed by atoms with Crippen LogP contribution < -0.4 is 5.32 Å². The minimum Gasteiger partial charge on any atom is -0.314 e. The Morgan fingerprint density at radius 2 is 1.75 bits per heavy atom. The van der Waals surface area contributed by atoms with Crippen LogP contribution in [0.5, 0.6) is 0 Å². The van der Waals surface area contributed by atoms with Gasteiger partial charge in [-0.3, -0.25) is 0 Å². The van der Waals surface area contributed by atoms with E-state index in [2.05, 4.69) is 25.7 Å². The monoisotopic (exact) mass is 223 g/mol. The molecule has 1 N–H and O–H groups in total. The van der Waals surface area contributed by atoms with Crippen molar-refractivity contribution >= 4 is 0 Å². The second kappa shape index (κ2) is 7.89. The highest BCUT2D eigenvalue weighted by atomic mass is 14.9. The largest absolute Gasteiger partial charge is 0.314 e. The van der Waals surface area contributed by atoms with Gasteiger partial charge in [0.15, 0.2) is 0 Å². The molecular formula is C15H29N. The van der Waals surface area contributed by atoms with Crippen molar-refractivity contribution in [1.82, 2.24) is 5.32 Å². The van der Waals surface area contributed by atoms with Crippen molar-refractivity contribution < 1.29 is 0 Å². The number of rotatable bonds is 5. The molecule has 0 aromatic rings. The Kier molecular flexibility index (Phi) is 6.79. The molecule has 1 aliphatic carbocycles. The number of hydrogen-bond donors (Lipinski definition) is 1. The molecule has 1 atom stereocenters. The van der Waals surface area contributed by atoms with Crippen LogP contribution in [0.2, 0.25) is 0 Å². The summed E-state index contributed by atoms with van der Waals surface area (Å²) in [5.74, 6) is 0.886. The summed E-state index contributed by atoms with van der Waals surface area (Å²) in [5, 5.41) is 3.67. The van der Waals surface area contributed by atoms with E-state index in [4.69, 9.17) is 0 Å². The van der Waals surface area contributed by atoms with Gasteiger partial charge in [-0.05, 0) is 38.6 Å². The molecule has 0 aliphatic heterocycles. The fraction of sp³-hybridized carbons (Fsp3) is 0.867. The second-order valence-electron chi connectivity index (χ2n) is 5.43. The Morgan fingerprint density at radius 1 is 1.19 bits per heavy atom. The Balaban J connectivity index is 2.48. The van der Waals surface area contributed by atoms with Crippen molar-refractivity contribution in [1.29, 1.82) is 0 Å². The van der Waals surface area contributed by atoms with Crippen LogP contribution in [0.1, 0.15) is 65.2 Å². The summed E-state index contributed by atoms with van der Waals surface area (Å²) in [6, 6.07) is 0.681. The quantitative estimate of drug-likeness (QED) is 0.686. The van der Waals surface area contributed by atoms with Crippen LogP contribution in [0.4, 0.5) is 0 Å². The van der Waals surface area contributed by atoms with Gasteiger partial charge in [0.2, 0.25) is 0 Å². The molecule has 1 fully saturated rings. The molecule has 0 saturated heterocycles. The summed E-state index contributed by atoms with van der Waals surface area (Å²) >= 11 is 0. The molecule has 1 unspecified atom stereocenters. The first-order valence-electron chi connectivity index (χ1n) is 7.11. The van der Waals surface area contributed by atoms with Crippen molar-refractivity contribution in [2.75, 3.05) is 6.54 Å². The summed E-state index contributed by atoms with van der Waals surface area (Å²) in [6.45, 7) is 9.54. The van der Waals surface area contributed by atoms with Crippen LogP contribution in [0.15, 0.2) is 12.2 Å². The van der Waals surface area contributed by atoms with Gasteiger partial charge in [0.1, 0.15) is 0 Å². The van der Waals surface area contributed by atoms with E-state index >= 15 is 0 Å². The summed E-state index contributed by atoms with van der Waals surface area (Å²) in [6.07, 6.45) is 11.2. The van der Waals surface area contributed by atoms with Crippen molar-refractivity contribution in [3.8, 4) is 0 Å². The molecule has 1 nitrogen and oxygen atoms in total. The summed E-state index contributed by atoms with van der Waals surface area (Å²) < 4.78 is 0. The second-order valence-corrected chi connectivity index (χ2v) is 5.43. The van der Waals surface area contributed by atoms with Crippen LogP contribution in [0, 0.1) is 5.92 Å². The highest BCUT2D eigenvalue weighted by Crippen LogP contribution is 2.27. The summed E-state index contributed by atoms with van der Waals surface area (Å²) in [7, 11) is 0. The van der Waals surface area contributed by atoms with Crippen LogP contribution in [-0.4, -0.2) is 12.6 Å². The molecule has 0 aromatic heterocycles. The molecule has 16 heavy (non-hydrogen) atoms. The van der Waals surface area contributed by atoms with Crippen LogP contribution in [0.3, 0.4) is 0 Å². The van der Waals surface area contributed by atoms with Gasteiger partial charge in [-0.1, -0.05) is 44.6 Å². The molecule has 0 aromatic carbocycles. The predicted molar refractivity (Wildman–Crippen MR) is 72.7 cm³/mol.